The fraction of sp³-hybridized carbons (Fsp3) is 0.655. The van der Waals surface area contributed by atoms with Gasteiger partial charge in [0.05, 0.1) is 0 Å². The number of carbonyl (C=O) groups is 2. The number of rotatable bonds is 20. The number of benzene rings is 1. The fourth-order valence-corrected chi connectivity index (χ4v) is 3.91. The van der Waals surface area contributed by atoms with E-state index in [1.165, 1.54) is 83.5 Å². The third-order valence-corrected chi connectivity index (χ3v) is 5.98. The van der Waals surface area contributed by atoms with Crippen molar-refractivity contribution in [3.05, 3.63) is 42.1 Å². The van der Waals surface area contributed by atoms with Crippen LogP contribution >= 0.6 is 0 Å². The number of nitrogens with zero attached hydrogens (tertiary/aromatic N) is 1. The van der Waals surface area contributed by atoms with Crippen LogP contribution in [-0.2, 0) is 4.79 Å². The Morgan fingerprint density at radius 2 is 1.18 bits per heavy atom. The smallest absolute Gasteiger partial charge is 0.224 e. The zero-order valence-electron chi connectivity index (χ0n) is 21.5. The van der Waals surface area contributed by atoms with Crippen molar-refractivity contribution < 1.29 is 9.59 Å². The summed E-state index contributed by atoms with van der Waals surface area (Å²) in [6.45, 7) is 2.27. The van der Waals surface area contributed by atoms with Crippen molar-refractivity contribution in [3.8, 4) is 0 Å². The van der Waals surface area contributed by atoms with Crippen LogP contribution in [0.15, 0.2) is 36.5 Å². The fourth-order valence-electron chi connectivity index (χ4n) is 3.91. The third kappa shape index (κ3) is 16.2. The Balaban J connectivity index is 1.99. The highest BCUT2D eigenvalue weighted by molar-refractivity contribution is 6.04. The normalized spacial score (nSPS) is 11.1. The van der Waals surface area contributed by atoms with Gasteiger partial charge in [0, 0.05) is 44.0 Å². The summed E-state index contributed by atoms with van der Waals surface area (Å²) in [4.78, 5) is 26.0. The maximum absolute atomic E-state index is 12.1. The van der Waals surface area contributed by atoms with Gasteiger partial charge in [-0.1, -0.05) is 96.8 Å². The summed E-state index contributed by atoms with van der Waals surface area (Å²) < 4.78 is 0. The van der Waals surface area contributed by atoms with Gasteiger partial charge in [-0.15, -0.1) is 0 Å². The number of hydrogen-bond donors (Lipinski definition) is 1. The van der Waals surface area contributed by atoms with Gasteiger partial charge in [-0.2, -0.15) is 0 Å². The average molecular weight is 457 g/mol. The van der Waals surface area contributed by atoms with Crippen LogP contribution in [0.1, 0.15) is 120 Å². The second-order valence-electron chi connectivity index (χ2n) is 9.47. The maximum Gasteiger partial charge on any atom is 0.224 e. The minimum atomic E-state index is -0.0422. The molecule has 1 amide bonds. The van der Waals surface area contributed by atoms with Crippen molar-refractivity contribution in [2.24, 2.45) is 0 Å². The molecule has 4 heteroatoms. The van der Waals surface area contributed by atoms with Crippen LogP contribution in [0.4, 0.5) is 5.69 Å². The third-order valence-electron chi connectivity index (χ3n) is 5.98. The molecule has 33 heavy (non-hydrogen) atoms. The summed E-state index contributed by atoms with van der Waals surface area (Å²) in [6, 6.07) is 7.10. The Labute approximate surface area is 203 Å². The number of carbonyl (C=O) groups excluding carboxylic acids is 2. The zero-order valence-corrected chi connectivity index (χ0v) is 21.5. The summed E-state index contributed by atoms with van der Waals surface area (Å²) in [6.07, 6.45) is 23.7. The molecule has 1 aromatic rings. The molecule has 0 spiro atoms. The van der Waals surface area contributed by atoms with Crippen molar-refractivity contribution >= 4 is 17.4 Å². The highest BCUT2D eigenvalue weighted by atomic mass is 16.1. The van der Waals surface area contributed by atoms with E-state index in [2.05, 4.69) is 12.2 Å². The lowest BCUT2D eigenvalue weighted by Gasteiger charge is -2.07. The summed E-state index contributed by atoms with van der Waals surface area (Å²) in [7, 11) is 3.75. The summed E-state index contributed by atoms with van der Waals surface area (Å²) in [5, 5.41) is 2.93. The Morgan fingerprint density at radius 3 is 1.64 bits per heavy atom. The Bertz CT molecular complexity index is 665. The topological polar surface area (TPSA) is 49.4 Å². The molecule has 4 nitrogen and oxygen atoms in total. The first-order chi connectivity index (χ1) is 16.0. The predicted octanol–water partition coefficient (Wildman–Crippen LogP) is 8.14. The summed E-state index contributed by atoms with van der Waals surface area (Å²) >= 11 is 0. The lowest BCUT2D eigenvalue weighted by atomic mass is 10.0. The Hall–Kier alpha value is -2.10. The maximum atomic E-state index is 12.1. The van der Waals surface area contributed by atoms with Crippen molar-refractivity contribution in [1.82, 2.24) is 4.90 Å². The predicted molar refractivity (Wildman–Crippen MR) is 142 cm³/mol. The number of hydrogen-bond acceptors (Lipinski definition) is 3. The first-order valence-corrected chi connectivity index (χ1v) is 13.3. The lowest BCUT2D eigenvalue weighted by molar-refractivity contribution is -0.116. The number of anilines is 1. The van der Waals surface area contributed by atoms with Crippen LogP contribution in [0.25, 0.3) is 0 Å². The zero-order chi connectivity index (χ0) is 24.2. The summed E-state index contributed by atoms with van der Waals surface area (Å²) in [5.41, 5.74) is 1.36. The van der Waals surface area contributed by atoms with E-state index < -0.39 is 0 Å². The van der Waals surface area contributed by atoms with Gasteiger partial charge in [0.15, 0.2) is 5.78 Å². The van der Waals surface area contributed by atoms with Gasteiger partial charge < -0.3 is 10.2 Å². The summed E-state index contributed by atoms with van der Waals surface area (Å²) in [5.74, 6) is 0.00987. The van der Waals surface area contributed by atoms with E-state index in [1.807, 2.05) is 19.0 Å². The molecule has 0 aliphatic heterocycles. The molecule has 0 aromatic heterocycles. The molecule has 0 aliphatic carbocycles. The van der Waals surface area contributed by atoms with Gasteiger partial charge in [0.25, 0.3) is 0 Å². The van der Waals surface area contributed by atoms with Gasteiger partial charge >= 0.3 is 0 Å². The number of nitrogens with one attached hydrogen (secondary N) is 1. The molecular weight excluding hydrogens is 408 g/mol. The monoisotopic (exact) mass is 456 g/mol. The first-order valence-electron chi connectivity index (χ1n) is 13.3. The van der Waals surface area contributed by atoms with Crippen LogP contribution < -0.4 is 5.32 Å². The van der Waals surface area contributed by atoms with Gasteiger partial charge in [0.1, 0.15) is 0 Å². The molecule has 0 fully saturated rings. The van der Waals surface area contributed by atoms with Crippen LogP contribution in [0.5, 0.6) is 0 Å². The van der Waals surface area contributed by atoms with Crippen molar-refractivity contribution in [2.45, 2.75) is 110 Å². The number of unbranched alkanes of at least 4 members (excludes halogenated alkanes) is 14. The standard InChI is InChI=1S/C29H48N2O2/c1-4-5-6-7-8-9-10-11-12-13-14-15-16-17-18-19-29(33)30-27-22-20-26(21-23-27)28(32)24-25-31(2)3/h20-25H,4-19H2,1-3H3,(H,30,33). The molecule has 0 aliphatic rings. The van der Waals surface area contributed by atoms with E-state index >= 15 is 0 Å². The molecule has 0 unspecified atom stereocenters. The largest absolute Gasteiger partial charge is 0.383 e. The van der Waals surface area contributed by atoms with E-state index in [0.29, 0.717) is 12.0 Å². The molecular formula is C29H48N2O2. The van der Waals surface area contributed by atoms with Crippen LogP contribution in [0, 0.1) is 0 Å². The van der Waals surface area contributed by atoms with Crippen molar-refractivity contribution in [3.63, 3.8) is 0 Å². The van der Waals surface area contributed by atoms with Crippen LogP contribution in [0.3, 0.4) is 0 Å². The molecule has 0 atom stereocenters. The van der Waals surface area contributed by atoms with Crippen LogP contribution in [-0.4, -0.2) is 30.7 Å². The van der Waals surface area contributed by atoms with E-state index in [0.717, 1.165) is 18.5 Å². The second kappa shape index (κ2) is 19.4. The highest BCUT2D eigenvalue weighted by Gasteiger charge is 2.05. The van der Waals surface area contributed by atoms with Crippen LogP contribution in [0.2, 0.25) is 0 Å². The van der Waals surface area contributed by atoms with Gasteiger partial charge in [-0.3, -0.25) is 9.59 Å². The minimum Gasteiger partial charge on any atom is -0.383 e. The number of ketones is 1. The van der Waals surface area contributed by atoms with E-state index in [-0.39, 0.29) is 11.7 Å². The molecule has 0 saturated carbocycles. The van der Waals surface area contributed by atoms with E-state index in [1.54, 1.807) is 36.5 Å². The van der Waals surface area contributed by atoms with Gasteiger partial charge in [-0.25, -0.2) is 0 Å². The molecule has 0 bridgehead atoms. The Kier molecular flexibility index (Phi) is 17.0. The number of allylic oxidation sites excluding steroid dienone is 1. The van der Waals surface area contributed by atoms with E-state index in [4.69, 9.17) is 0 Å². The van der Waals surface area contributed by atoms with Gasteiger partial charge in [0.2, 0.25) is 5.91 Å². The molecule has 1 aromatic carbocycles. The molecule has 0 radical (unpaired) electrons. The number of amides is 1. The van der Waals surface area contributed by atoms with Crippen molar-refractivity contribution in [1.29, 1.82) is 0 Å². The molecule has 186 valence electrons. The lowest BCUT2D eigenvalue weighted by Crippen LogP contribution is -2.11. The average Bonchev–Trinajstić information content (AvgIpc) is 2.80. The molecule has 0 saturated heterocycles. The van der Waals surface area contributed by atoms with Crippen molar-refractivity contribution in [2.75, 3.05) is 19.4 Å². The molecule has 1 N–H and O–H groups in total. The van der Waals surface area contributed by atoms with E-state index in [9.17, 15) is 9.59 Å². The highest BCUT2D eigenvalue weighted by Crippen LogP contribution is 2.15. The Morgan fingerprint density at radius 1 is 0.727 bits per heavy atom. The SMILES string of the molecule is CCCCCCCCCCCCCCCCCC(=O)Nc1ccc(C(=O)C=CN(C)C)cc1. The molecule has 1 rings (SSSR count). The second-order valence-corrected chi connectivity index (χ2v) is 9.47. The first kappa shape index (κ1) is 28.9. The quantitative estimate of drug-likeness (QED) is 0.122. The minimum absolute atomic E-state index is 0.0422. The van der Waals surface area contributed by atoms with Gasteiger partial charge in [-0.05, 0) is 30.7 Å². The molecule has 0 heterocycles.